The Kier molecular flexibility index (Phi) is 5.83. The third kappa shape index (κ3) is 4.00. The second-order valence-corrected chi connectivity index (χ2v) is 10.2. The molecular weight excluding hydrogens is 440 g/mol. The lowest BCUT2D eigenvalue weighted by Gasteiger charge is -2.37. The first-order valence-electron chi connectivity index (χ1n) is 12.3. The van der Waals surface area contributed by atoms with Crippen LogP contribution in [0.4, 0.5) is 11.5 Å². The molecule has 1 fully saturated rings. The maximum absolute atomic E-state index is 5.62. The van der Waals surface area contributed by atoms with Gasteiger partial charge in [-0.3, -0.25) is 0 Å². The summed E-state index contributed by atoms with van der Waals surface area (Å²) in [6.07, 6.45) is 5.67. The van der Waals surface area contributed by atoms with Gasteiger partial charge in [-0.25, -0.2) is 9.97 Å². The van der Waals surface area contributed by atoms with Crippen molar-refractivity contribution in [3.05, 3.63) is 76.4 Å². The Morgan fingerprint density at radius 3 is 2.41 bits per heavy atom. The number of hydrogen-bond acceptors (Lipinski definition) is 6. The molecule has 0 N–H and O–H groups in total. The van der Waals surface area contributed by atoms with Gasteiger partial charge < -0.3 is 14.5 Å². The predicted molar refractivity (Wildman–Crippen MR) is 141 cm³/mol. The number of para-hydroxylation sites is 2. The minimum absolute atomic E-state index is 0.771. The van der Waals surface area contributed by atoms with Gasteiger partial charge in [0, 0.05) is 37.5 Å². The smallest absolute Gasteiger partial charge is 0.142 e. The lowest BCUT2D eigenvalue weighted by molar-refractivity contribution is 0.413. The van der Waals surface area contributed by atoms with Crippen LogP contribution in [0.5, 0.6) is 5.75 Å². The molecule has 0 atom stereocenters. The molecule has 34 heavy (non-hydrogen) atoms. The molecule has 0 spiro atoms. The van der Waals surface area contributed by atoms with Crippen molar-refractivity contribution in [2.24, 2.45) is 0 Å². The number of aromatic nitrogens is 2. The molecule has 3 heterocycles. The van der Waals surface area contributed by atoms with Crippen molar-refractivity contribution in [1.29, 1.82) is 0 Å². The fraction of sp³-hybridized carbons (Fsp3) is 0.357. The Hall–Kier alpha value is -3.12. The number of aryl methyl sites for hydroxylation is 2. The molecule has 6 heteroatoms. The second kappa shape index (κ2) is 9.26. The van der Waals surface area contributed by atoms with Crippen LogP contribution < -0.4 is 14.5 Å². The largest absolute Gasteiger partial charge is 0.495 e. The molecular formula is C28H30N4OS. The van der Waals surface area contributed by atoms with Crippen LogP contribution in [0.1, 0.15) is 34.7 Å². The fourth-order valence-electron chi connectivity index (χ4n) is 5.32. The highest BCUT2D eigenvalue weighted by Crippen LogP contribution is 2.40. The molecule has 0 amide bonds. The third-order valence-electron chi connectivity index (χ3n) is 7.05. The molecule has 1 saturated heterocycles. The first-order chi connectivity index (χ1) is 16.8. The number of piperazine rings is 1. The summed E-state index contributed by atoms with van der Waals surface area (Å²) in [6, 6.07) is 18.9. The summed E-state index contributed by atoms with van der Waals surface area (Å²) >= 11 is 1.90. The van der Waals surface area contributed by atoms with Crippen LogP contribution in [0.2, 0.25) is 0 Å². The van der Waals surface area contributed by atoms with Crippen LogP contribution in [-0.2, 0) is 19.3 Å². The van der Waals surface area contributed by atoms with Gasteiger partial charge in [0.15, 0.2) is 0 Å². The van der Waals surface area contributed by atoms with E-state index >= 15 is 0 Å². The fourth-order valence-corrected chi connectivity index (χ4v) is 6.59. The van der Waals surface area contributed by atoms with E-state index in [1.165, 1.54) is 51.2 Å². The number of rotatable bonds is 5. The quantitative estimate of drug-likeness (QED) is 0.385. The zero-order chi connectivity index (χ0) is 22.9. The standard InChI is InChI=1S/C28H30N4OS/c1-33-23-13-7-6-12-22(23)31-15-17-32(18-16-31)27-26-21-11-5-8-14-24(21)34-28(26)30-25(29-27)19-20-9-3-2-4-10-20/h2-4,6-7,9-10,12-13H,5,8,11,14-19H2,1H3. The van der Waals surface area contributed by atoms with Crippen molar-refractivity contribution in [2.75, 3.05) is 43.1 Å². The van der Waals surface area contributed by atoms with Gasteiger partial charge in [0.1, 0.15) is 22.2 Å². The zero-order valence-corrected chi connectivity index (χ0v) is 20.5. The highest BCUT2D eigenvalue weighted by molar-refractivity contribution is 7.19. The lowest BCUT2D eigenvalue weighted by atomic mass is 9.96. The van der Waals surface area contributed by atoms with E-state index in [4.69, 9.17) is 14.7 Å². The molecule has 1 aliphatic heterocycles. The molecule has 5 nitrogen and oxygen atoms in total. The zero-order valence-electron chi connectivity index (χ0n) is 19.7. The van der Waals surface area contributed by atoms with Gasteiger partial charge in [-0.05, 0) is 48.9 Å². The van der Waals surface area contributed by atoms with Crippen molar-refractivity contribution in [3.63, 3.8) is 0 Å². The molecule has 0 unspecified atom stereocenters. The van der Waals surface area contributed by atoms with E-state index in [1.54, 1.807) is 7.11 Å². The van der Waals surface area contributed by atoms with Crippen molar-refractivity contribution in [3.8, 4) is 5.75 Å². The van der Waals surface area contributed by atoms with Crippen LogP contribution in [0.15, 0.2) is 54.6 Å². The number of thiophene rings is 1. The Labute approximate surface area is 205 Å². The summed E-state index contributed by atoms with van der Waals surface area (Å²) in [5, 5.41) is 1.32. The van der Waals surface area contributed by atoms with Crippen LogP contribution in [0.3, 0.4) is 0 Å². The van der Waals surface area contributed by atoms with Crippen LogP contribution in [-0.4, -0.2) is 43.3 Å². The molecule has 174 valence electrons. The number of anilines is 2. The van der Waals surface area contributed by atoms with Crippen LogP contribution in [0.25, 0.3) is 10.2 Å². The third-order valence-corrected chi connectivity index (χ3v) is 8.24. The molecule has 2 aromatic carbocycles. The van der Waals surface area contributed by atoms with Crippen molar-refractivity contribution >= 4 is 33.1 Å². The minimum atomic E-state index is 0.771. The highest BCUT2D eigenvalue weighted by atomic mass is 32.1. The Morgan fingerprint density at radius 2 is 1.59 bits per heavy atom. The highest BCUT2D eigenvalue weighted by Gasteiger charge is 2.27. The van der Waals surface area contributed by atoms with Gasteiger partial charge in [0.2, 0.25) is 0 Å². The van der Waals surface area contributed by atoms with E-state index < -0.39 is 0 Å². The summed E-state index contributed by atoms with van der Waals surface area (Å²) in [4.78, 5) is 17.9. The summed E-state index contributed by atoms with van der Waals surface area (Å²) < 4.78 is 5.62. The van der Waals surface area contributed by atoms with Crippen molar-refractivity contribution in [2.45, 2.75) is 32.1 Å². The number of hydrogen-bond donors (Lipinski definition) is 0. The molecule has 6 rings (SSSR count). The number of methoxy groups -OCH3 is 1. The maximum Gasteiger partial charge on any atom is 0.142 e. The molecule has 0 bridgehead atoms. The van der Waals surface area contributed by atoms with Crippen molar-refractivity contribution < 1.29 is 4.74 Å². The normalized spacial score (nSPS) is 16.0. The van der Waals surface area contributed by atoms with Gasteiger partial charge in [-0.2, -0.15) is 0 Å². The Balaban J connectivity index is 1.34. The molecule has 0 radical (unpaired) electrons. The topological polar surface area (TPSA) is 41.5 Å². The van der Waals surface area contributed by atoms with E-state index in [-0.39, 0.29) is 0 Å². The molecule has 4 aromatic rings. The predicted octanol–water partition coefficient (Wildman–Crippen LogP) is 5.50. The Bertz CT molecular complexity index is 1290. The monoisotopic (exact) mass is 470 g/mol. The summed E-state index contributed by atoms with van der Waals surface area (Å²) in [7, 11) is 1.75. The minimum Gasteiger partial charge on any atom is -0.495 e. The molecule has 2 aliphatic rings. The van der Waals surface area contributed by atoms with Gasteiger partial charge in [0.25, 0.3) is 0 Å². The summed E-state index contributed by atoms with van der Waals surface area (Å²) in [6.45, 7) is 3.79. The lowest BCUT2D eigenvalue weighted by Crippen LogP contribution is -2.47. The van der Waals surface area contributed by atoms with Gasteiger partial charge in [0.05, 0.1) is 18.2 Å². The molecule has 1 aliphatic carbocycles. The van der Waals surface area contributed by atoms with E-state index in [0.29, 0.717) is 0 Å². The molecule has 2 aromatic heterocycles. The van der Waals surface area contributed by atoms with Gasteiger partial charge in [-0.15, -0.1) is 11.3 Å². The first kappa shape index (κ1) is 21.4. The van der Waals surface area contributed by atoms with Gasteiger partial charge >= 0.3 is 0 Å². The van der Waals surface area contributed by atoms with Crippen LogP contribution >= 0.6 is 11.3 Å². The summed E-state index contributed by atoms with van der Waals surface area (Å²) in [5.74, 6) is 3.02. The number of benzene rings is 2. The van der Waals surface area contributed by atoms with Gasteiger partial charge in [-0.1, -0.05) is 42.5 Å². The van der Waals surface area contributed by atoms with E-state index in [1.807, 2.05) is 23.5 Å². The Morgan fingerprint density at radius 1 is 0.853 bits per heavy atom. The van der Waals surface area contributed by atoms with Crippen molar-refractivity contribution in [1.82, 2.24) is 9.97 Å². The number of ether oxygens (including phenoxy) is 1. The van der Waals surface area contributed by atoms with Crippen LogP contribution in [0, 0.1) is 0 Å². The van der Waals surface area contributed by atoms with E-state index in [9.17, 15) is 0 Å². The average Bonchev–Trinajstić information content (AvgIpc) is 3.27. The van der Waals surface area contributed by atoms with E-state index in [0.717, 1.165) is 56.4 Å². The number of fused-ring (bicyclic) bond motifs is 3. The van der Waals surface area contributed by atoms with E-state index in [2.05, 4.69) is 52.3 Å². The maximum atomic E-state index is 5.62. The number of nitrogens with zero attached hydrogens (tertiary/aromatic N) is 4. The first-order valence-corrected chi connectivity index (χ1v) is 13.1. The SMILES string of the molecule is COc1ccccc1N1CCN(c2nc(Cc3ccccc3)nc3sc4c(c23)CCCC4)CC1. The second-order valence-electron chi connectivity index (χ2n) is 9.16. The average molecular weight is 471 g/mol. The molecule has 0 saturated carbocycles. The summed E-state index contributed by atoms with van der Waals surface area (Å²) in [5.41, 5.74) is 3.95.